The summed E-state index contributed by atoms with van der Waals surface area (Å²) in [4.78, 5) is 0. The zero-order valence-corrected chi connectivity index (χ0v) is 7.89. The van der Waals surface area contributed by atoms with Crippen LogP contribution in [0.25, 0.3) is 0 Å². The van der Waals surface area contributed by atoms with Crippen LogP contribution in [-0.4, -0.2) is 5.11 Å². The highest BCUT2D eigenvalue weighted by Crippen LogP contribution is 2.32. The number of halogens is 1. The van der Waals surface area contributed by atoms with E-state index in [1.165, 1.54) is 0 Å². The summed E-state index contributed by atoms with van der Waals surface area (Å²) >= 11 is 5.86. The highest BCUT2D eigenvalue weighted by molar-refractivity contribution is 6.31. The average Bonchev–Trinajstić information content (AvgIpc) is 1.97. The number of phenolic OH excluding ortho intramolecular Hbond substituents is 1. The van der Waals surface area contributed by atoms with E-state index in [-0.39, 0.29) is 11.8 Å². The van der Waals surface area contributed by atoms with Gasteiger partial charge in [-0.15, -0.1) is 0 Å². The molecule has 0 heterocycles. The first-order chi connectivity index (χ1) is 5.54. The summed E-state index contributed by atoms with van der Waals surface area (Å²) in [7, 11) is 0. The first-order valence-corrected chi connectivity index (χ1v) is 4.15. The molecule has 0 radical (unpaired) electrons. The van der Waals surface area contributed by atoms with Crippen molar-refractivity contribution in [2.75, 3.05) is 0 Å². The molecule has 0 fully saturated rings. The van der Waals surface area contributed by atoms with Crippen molar-refractivity contribution in [2.45, 2.75) is 19.9 Å². The minimum Gasteiger partial charge on any atom is -0.507 e. The molecule has 3 heteroatoms. The molecule has 0 unspecified atom stereocenters. The maximum Gasteiger partial charge on any atom is 0.124 e. The zero-order chi connectivity index (χ0) is 9.30. The number of rotatable bonds is 1. The topological polar surface area (TPSA) is 46.2 Å². The van der Waals surface area contributed by atoms with Gasteiger partial charge < -0.3 is 10.8 Å². The van der Waals surface area contributed by atoms with Crippen molar-refractivity contribution in [3.8, 4) is 5.75 Å². The van der Waals surface area contributed by atoms with E-state index in [9.17, 15) is 5.11 Å². The van der Waals surface area contributed by atoms with E-state index in [0.717, 1.165) is 5.56 Å². The van der Waals surface area contributed by atoms with Gasteiger partial charge in [-0.3, -0.25) is 0 Å². The van der Waals surface area contributed by atoms with Crippen LogP contribution in [0.3, 0.4) is 0 Å². The maximum atomic E-state index is 9.58. The van der Waals surface area contributed by atoms with Gasteiger partial charge in [0.1, 0.15) is 5.75 Å². The molecule has 3 N–H and O–H groups in total. The van der Waals surface area contributed by atoms with Crippen LogP contribution in [0, 0.1) is 6.92 Å². The Kier molecular flexibility index (Phi) is 2.60. The molecule has 1 aromatic rings. The number of hydrogen-bond donors (Lipinski definition) is 2. The lowest BCUT2D eigenvalue weighted by Gasteiger charge is -2.12. The summed E-state index contributed by atoms with van der Waals surface area (Å²) in [6.45, 7) is 3.61. The van der Waals surface area contributed by atoms with E-state index in [1.807, 2.05) is 6.92 Å². The quantitative estimate of drug-likeness (QED) is 0.706. The van der Waals surface area contributed by atoms with Crippen LogP contribution in [0.15, 0.2) is 12.1 Å². The summed E-state index contributed by atoms with van der Waals surface area (Å²) in [5, 5.41) is 10.1. The minimum absolute atomic E-state index is 0.206. The second-order valence-electron chi connectivity index (χ2n) is 2.92. The Morgan fingerprint density at radius 1 is 1.50 bits per heavy atom. The number of phenols is 1. The summed E-state index contributed by atoms with van der Waals surface area (Å²) in [5.41, 5.74) is 7.06. The van der Waals surface area contributed by atoms with Gasteiger partial charge in [0.2, 0.25) is 0 Å². The molecule has 0 aliphatic rings. The van der Waals surface area contributed by atoms with Gasteiger partial charge in [-0.25, -0.2) is 0 Å². The second-order valence-corrected chi connectivity index (χ2v) is 3.32. The molecule has 0 aliphatic heterocycles. The Balaban J connectivity index is 3.33. The molecular weight excluding hydrogens is 174 g/mol. The first-order valence-electron chi connectivity index (χ1n) is 3.77. The lowest BCUT2D eigenvalue weighted by Crippen LogP contribution is -2.06. The van der Waals surface area contributed by atoms with Crippen molar-refractivity contribution in [1.82, 2.24) is 0 Å². The Hall–Kier alpha value is -0.730. The fourth-order valence-electron chi connectivity index (χ4n) is 1.13. The molecule has 0 aliphatic carbocycles. The van der Waals surface area contributed by atoms with Crippen LogP contribution >= 0.6 is 11.6 Å². The monoisotopic (exact) mass is 185 g/mol. The summed E-state index contributed by atoms with van der Waals surface area (Å²) in [6, 6.07) is 3.27. The van der Waals surface area contributed by atoms with Crippen LogP contribution in [0.1, 0.15) is 24.1 Å². The van der Waals surface area contributed by atoms with E-state index in [0.29, 0.717) is 10.6 Å². The lowest BCUT2D eigenvalue weighted by molar-refractivity contribution is 0.459. The average molecular weight is 186 g/mol. The second kappa shape index (κ2) is 3.33. The minimum atomic E-state index is -0.239. The molecule has 12 heavy (non-hydrogen) atoms. The molecule has 1 aromatic carbocycles. The maximum absolute atomic E-state index is 9.58. The van der Waals surface area contributed by atoms with Crippen LogP contribution in [-0.2, 0) is 0 Å². The molecule has 2 nitrogen and oxygen atoms in total. The van der Waals surface area contributed by atoms with Gasteiger partial charge in [0.15, 0.2) is 0 Å². The fraction of sp³-hybridized carbons (Fsp3) is 0.333. The van der Waals surface area contributed by atoms with E-state index < -0.39 is 0 Å². The van der Waals surface area contributed by atoms with E-state index in [4.69, 9.17) is 17.3 Å². The Morgan fingerprint density at radius 2 is 2.08 bits per heavy atom. The molecule has 0 bridgehead atoms. The highest BCUT2D eigenvalue weighted by atomic mass is 35.5. The van der Waals surface area contributed by atoms with Crippen LogP contribution in [0.5, 0.6) is 5.75 Å². The molecule has 0 saturated carbocycles. The standard InChI is InChI=1S/C9H12ClNO/c1-5-3-4-7(10)8(6(2)11)9(5)12/h3-4,6,12H,11H2,1-2H3/t6-/m1/s1. The van der Waals surface area contributed by atoms with Crippen molar-refractivity contribution in [2.24, 2.45) is 5.73 Å². The van der Waals surface area contributed by atoms with Crippen molar-refractivity contribution in [3.05, 3.63) is 28.3 Å². The largest absolute Gasteiger partial charge is 0.507 e. The number of aromatic hydroxyl groups is 1. The van der Waals surface area contributed by atoms with Gasteiger partial charge in [-0.1, -0.05) is 17.7 Å². The van der Waals surface area contributed by atoms with Crippen LogP contribution < -0.4 is 5.73 Å². The van der Waals surface area contributed by atoms with Crippen molar-refractivity contribution in [3.63, 3.8) is 0 Å². The SMILES string of the molecule is Cc1ccc(Cl)c([C@@H](C)N)c1O. The third kappa shape index (κ3) is 1.54. The van der Waals surface area contributed by atoms with Crippen molar-refractivity contribution < 1.29 is 5.11 Å². The molecule has 1 atom stereocenters. The zero-order valence-electron chi connectivity index (χ0n) is 7.13. The van der Waals surface area contributed by atoms with Gasteiger partial charge in [-0.05, 0) is 25.5 Å². The Morgan fingerprint density at radius 3 is 2.50 bits per heavy atom. The van der Waals surface area contributed by atoms with E-state index in [2.05, 4.69) is 0 Å². The number of hydrogen-bond acceptors (Lipinski definition) is 2. The summed E-state index contributed by atoms with van der Waals surface area (Å²) in [5.74, 6) is 0.206. The van der Waals surface area contributed by atoms with Crippen LogP contribution in [0.4, 0.5) is 0 Å². The fourth-order valence-corrected chi connectivity index (χ4v) is 1.45. The number of benzene rings is 1. The molecule has 0 aromatic heterocycles. The molecular formula is C9H12ClNO. The van der Waals surface area contributed by atoms with Gasteiger partial charge in [-0.2, -0.15) is 0 Å². The molecule has 0 spiro atoms. The van der Waals surface area contributed by atoms with Crippen molar-refractivity contribution >= 4 is 11.6 Å². The molecule has 1 rings (SSSR count). The van der Waals surface area contributed by atoms with Gasteiger partial charge in [0, 0.05) is 16.6 Å². The molecule has 0 amide bonds. The van der Waals surface area contributed by atoms with Gasteiger partial charge >= 0.3 is 0 Å². The Labute approximate surface area is 77.0 Å². The predicted octanol–water partition coefficient (Wildman–Crippen LogP) is 2.37. The van der Waals surface area contributed by atoms with Crippen LogP contribution in [0.2, 0.25) is 5.02 Å². The smallest absolute Gasteiger partial charge is 0.124 e. The first kappa shape index (κ1) is 9.36. The normalized spacial score (nSPS) is 13.0. The number of aryl methyl sites for hydroxylation is 1. The Bertz CT molecular complexity index is 297. The van der Waals surface area contributed by atoms with Gasteiger partial charge in [0.25, 0.3) is 0 Å². The lowest BCUT2D eigenvalue weighted by atomic mass is 10.0. The molecule has 66 valence electrons. The third-order valence-electron chi connectivity index (χ3n) is 1.82. The van der Waals surface area contributed by atoms with Gasteiger partial charge in [0.05, 0.1) is 0 Å². The third-order valence-corrected chi connectivity index (χ3v) is 2.15. The summed E-state index contributed by atoms with van der Waals surface area (Å²) < 4.78 is 0. The number of nitrogens with two attached hydrogens (primary N) is 1. The highest BCUT2D eigenvalue weighted by Gasteiger charge is 2.12. The summed E-state index contributed by atoms with van der Waals surface area (Å²) in [6.07, 6.45) is 0. The van der Waals surface area contributed by atoms with E-state index in [1.54, 1.807) is 19.1 Å². The van der Waals surface area contributed by atoms with E-state index >= 15 is 0 Å². The van der Waals surface area contributed by atoms with Crippen molar-refractivity contribution in [1.29, 1.82) is 0 Å². The molecule has 0 saturated heterocycles. The predicted molar refractivity (Wildman–Crippen MR) is 50.5 cm³/mol.